The number of hydrogen-bond donors (Lipinski definition) is 1. The molecule has 26 heavy (non-hydrogen) atoms. The van der Waals surface area contributed by atoms with E-state index in [4.69, 9.17) is 14.2 Å². The molecule has 1 aliphatic rings. The molecular weight excluding hydrogens is 344 g/mol. The summed E-state index contributed by atoms with van der Waals surface area (Å²) < 4.78 is 45.8. The average Bonchev–Trinajstić information content (AvgIpc) is 2.63. The van der Waals surface area contributed by atoms with Gasteiger partial charge in [0, 0.05) is 13.1 Å². The summed E-state index contributed by atoms with van der Waals surface area (Å²) in [6.45, 7) is 1.59. The fraction of sp³-hybridized carbons (Fsp3) is 0.368. The Morgan fingerprint density at radius 3 is 2.38 bits per heavy atom. The molecule has 0 spiro atoms. The van der Waals surface area contributed by atoms with Crippen molar-refractivity contribution in [2.24, 2.45) is 0 Å². The molecule has 3 rings (SSSR count). The van der Waals surface area contributed by atoms with Gasteiger partial charge in [0.25, 0.3) is 0 Å². The zero-order valence-electron chi connectivity index (χ0n) is 14.5. The van der Waals surface area contributed by atoms with Crippen LogP contribution in [-0.4, -0.2) is 26.4 Å². The van der Waals surface area contributed by atoms with Gasteiger partial charge in [-0.3, -0.25) is 0 Å². The van der Waals surface area contributed by atoms with Crippen LogP contribution in [0.4, 0.5) is 8.78 Å². The Balaban J connectivity index is 1.59. The third-order valence-electron chi connectivity index (χ3n) is 3.79. The van der Waals surface area contributed by atoms with Gasteiger partial charge in [-0.1, -0.05) is 12.1 Å². The van der Waals surface area contributed by atoms with Crippen molar-refractivity contribution >= 4 is 0 Å². The van der Waals surface area contributed by atoms with E-state index in [2.05, 4.69) is 10.1 Å². The molecule has 2 aromatic rings. The number of alkyl halides is 2. The van der Waals surface area contributed by atoms with E-state index in [1.807, 2.05) is 18.2 Å². The fourth-order valence-corrected chi connectivity index (χ4v) is 2.67. The van der Waals surface area contributed by atoms with Crippen LogP contribution in [-0.2, 0) is 13.1 Å². The van der Waals surface area contributed by atoms with Crippen LogP contribution in [0.15, 0.2) is 36.4 Å². The normalized spacial score (nSPS) is 12.9. The first-order valence-corrected chi connectivity index (χ1v) is 8.45. The lowest BCUT2D eigenvalue weighted by atomic mass is 10.1. The molecule has 1 aliphatic heterocycles. The maximum Gasteiger partial charge on any atom is 0.387 e. The zero-order valence-corrected chi connectivity index (χ0v) is 14.5. The van der Waals surface area contributed by atoms with Gasteiger partial charge in [-0.05, 0) is 42.3 Å². The lowest BCUT2D eigenvalue weighted by Crippen LogP contribution is -2.16. The average molecular weight is 365 g/mol. The molecule has 1 heterocycles. The maximum absolute atomic E-state index is 12.4. The van der Waals surface area contributed by atoms with Crippen molar-refractivity contribution in [2.75, 3.05) is 19.8 Å². The molecule has 0 bridgehead atoms. The van der Waals surface area contributed by atoms with Crippen LogP contribution in [0, 0.1) is 0 Å². The summed E-state index contributed by atoms with van der Waals surface area (Å²) in [7, 11) is 0. The number of nitrogens with one attached hydrogen (secondary N) is 1. The smallest absolute Gasteiger partial charge is 0.387 e. The monoisotopic (exact) mass is 365 g/mol. The molecule has 0 saturated carbocycles. The summed E-state index contributed by atoms with van der Waals surface area (Å²) in [6.07, 6.45) is 0. The third-order valence-corrected chi connectivity index (χ3v) is 3.79. The predicted molar refractivity (Wildman–Crippen MR) is 92.2 cm³/mol. The summed E-state index contributed by atoms with van der Waals surface area (Å²) in [5, 5.41) is 3.31. The molecule has 0 atom stereocenters. The first-order valence-electron chi connectivity index (χ1n) is 8.45. The molecular formula is C19H21F2NO4. The molecule has 0 unspecified atom stereocenters. The molecule has 140 valence electrons. The van der Waals surface area contributed by atoms with Gasteiger partial charge >= 0.3 is 6.61 Å². The van der Waals surface area contributed by atoms with Crippen molar-refractivity contribution < 1.29 is 27.7 Å². The summed E-state index contributed by atoms with van der Waals surface area (Å²) in [5.41, 5.74) is 1.98. The number of rotatable bonds is 8. The van der Waals surface area contributed by atoms with E-state index < -0.39 is 6.61 Å². The first-order chi connectivity index (χ1) is 12.7. The maximum atomic E-state index is 12.4. The van der Waals surface area contributed by atoms with Gasteiger partial charge in [0.1, 0.15) is 13.2 Å². The topological polar surface area (TPSA) is 49.0 Å². The van der Waals surface area contributed by atoms with Crippen molar-refractivity contribution in [1.29, 1.82) is 0 Å². The van der Waals surface area contributed by atoms with E-state index in [1.165, 1.54) is 6.07 Å². The number of fused-ring (bicyclic) bond motifs is 1. The first kappa shape index (κ1) is 18.3. The Labute approximate surface area is 150 Å². The van der Waals surface area contributed by atoms with Gasteiger partial charge in [-0.2, -0.15) is 8.78 Å². The van der Waals surface area contributed by atoms with E-state index in [0.717, 1.165) is 22.6 Å². The highest BCUT2D eigenvalue weighted by molar-refractivity contribution is 5.44. The third kappa shape index (κ3) is 4.76. The van der Waals surface area contributed by atoms with Crippen LogP contribution in [0.1, 0.15) is 18.1 Å². The Morgan fingerprint density at radius 2 is 1.65 bits per heavy atom. The molecule has 0 aromatic heterocycles. The van der Waals surface area contributed by atoms with E-state index in [1.54, 1.807) is 19.1 Å². The molecule has 1 N–H and O–H groups in total. The second-order valence-corrected chi connectivity index (χ2v) is 5.67. The molecule has 7 heteroatoms. The standard InChI is InChI=1S/C19H21F2NO4/c1-2-23-18-10-14(4-6-16(18)26-19(20)21)12-22-11-13-3-5-15-17(9-13)25-8-7-24-15/h3-6,9-10,19,22H,2,7-8,11-12H2,1H3. The van der Waals surface area contributed by atoms with Crippen LogP contribution < -0.4 is 24.3 Å². The van der Waals surface area contributed by atoms with E-state index in [9.17, 15) is 8.78 Å². The van der Waals surface area contributed by atoms with E-state index >= 15 is 0 Å². The van der Waals surface area contributed by atoms with Gasteiger partial charge in [-0.15, -0.1) is 0 Å². The number of ether oxygens (including phenoxy) is 4. The van der Waals surface area contributed by atoms with Gasteiger partial charge in [-0.25, -0.2) is 0 Å². The Hall–Kier alpha value is -2.54. The fourth-order valence-electron chi connectivity index (χ4n) is 2.67. The van der Waals surface area contributed by atoms with Crippen LogP contribution in [0.2, 0.25) is 0 Å². The minimum absolute atomic E-state index is 0.0393. The highest BCUT2D eigenvalue weighted by atomic mass is 19.3. The number of benzene rings is 2. The lowest BCUT2D eigenvalue weighted by molar-refractivity contribution is -0.0514. The second-order valence-electron chi connectivity index (χ2n) is 5.67. The highest BCUT2D eigenvalue weighted by Crippen LogP contribution is 2.31. The Bertz CT molecular complexity index is 739. The largest absolute Gasteiger partial charge is 0.490 e. The van der Waals surface area contributed by atoms with Gasteiger partial charge in [0.05, 0.1) is 6.61 Å². The molecule has 2 aromatic carbocycles. The summed E-state index contributed by atoms with van der Waals surface area (Å²) in [4.78, 5) is 0. The minimum atomic E-state index is -2.88. The van der Waals surface area contributed by atoms with Crippen molar-refractivity contribution in [2.45, 2.75) is 26.6 Å². The summed E-state index contributed by atoms with van der Waals surface area (Å²) in [6, 6.07) is 10.8. The van der Waals surface area contributed by atoms with Crippen molar-refractivity contribution in [3.05, 3.63) is 47.5 Å². The summed E-state index contributed by atoms with van der Waals surface area (Å²) >= 11 is 0. The van der Waals surface area contributed by atoms with Gasteiger partial charge in [0.2, 0.25) is 0 Å². The second kappa shape index (κ2) is 8.71. The van der Waals surface area contributed by atoms with Crippen LogP contribution in [0.5, 0.6) is 23.0 Å². The molecule has 0 radical (unpaired) electrons. The summed E-state index contributed by atoms with van der Waals surface area (Å²) in [5.74, 6) is 1.86. The number of halogens is 2. The van der Waals surface area contributed by atoms with E-state index in [-0.39, 0.29) is 5.75 Å². The van der Waals surface area contributed by atoms with Crippen molar-refractivity contribution in [3.8, 4) is 23.0 Å². The molecule has 0 fully saturated rings. The lowest BCUT2D eigenvalue weighted by Gasteiger charge is -2.19. The van der Waals surface area contributed by atoms with Gasteiger partial charge in [0.15, 0.2) is 23.0 Å². The Kier molecular flexibility index (Phi) is 6.12. The Morgan fingerprint density at radius 1 is 0.962 bits per heavy atom. The highest BCUT2D eigenvalue weighted by Gasteiger charge is 2.13. The van der Waals surface area contributed by atoms with Crippen LogP contribution >= 0.6 is 0 Å². The molecule has 0 saturated heterocycles. The van der Waals surface area contributed by atoms with Crippen LogP contribution in [0.3, 0.4) is 0 Å². The molecule has 5 nitrogen and oxygen atoms in total. The van der Waals surface area contributed by atoms with Crippen LogP contribution in [0.25, 0.3) is 0 Å². The number of hydrogen-bond acceptors (Lipinski definition) is 5. The SMILES string of the molecule is CCOc1cc(CNCc2ccc3c(c2)OCCO3)ccc1OC(F)F. The zero-order chi connectivity index (χ0) is 18.4. The van der Waals surface area contributed by atoms with Crippen molar-refractivity contribution in [1.82, 2.24) is 5.32 Å². The molecule has 0 amide bonds. The molecule has 0 aliphatic carbocycles. The predicted octanol–water partition coefficient (Wildman–Crippen LogP) is 3.75. The van der Waals surface area contributed by atoms with Crippen molar-refractivity contribution in [3.63, 3.8) is 0 Å². The van der Waals surface area contributed by atoms with E-state index in [0.29, 0.717) is 38.7 Å². The minimum Gasteiger partial charge on any atom is -0.490 e. The van der Waals surface area contributed by atoms with Gasteiger partial charge < -0.3 is 24.3 Å². The quantitative estimate of drug-likeness (QED) is 0.772.